The van der Waals surface area contributed by atoms with Crippen molar-refractivity contribution in [2.45, 2.75) is 31.6 Å². The molecule has 1 aliphatic carbocycles. The number of aromatic amines is 1. The molecule has 8 heteroatoms. The van der Waals surface area contributed by atoms with E-state index in [0.29, 0.717) is 21.5 Å². The van der Waals surface area contributed by atoms with Gasteiger partial charge in [0.25, 0.3) is 5.56 Å². The van der Waals surface area contributed by atoms with E-state index >= 15 is 0 Å². The molecular weight excluding hydrogens is 400 g/mol. The number of aromatic nitrogens is 3. The molecule has 0 spiro atoms. The number of rotatable bonds is 4. The van der Waals surface area contributed by atoms with Crippen molar-refractivity contribution in [1.82, 2.24) is 15.0 Å². The zero-order valence-corrected chi connectivity index (χ0v) is 16.7. The number of aryl methyl sites for hydroxylation is 2. The number of hydrogen-bond acceptors (Lipinski definition) is 7. The zero-order valence-electron chi connectivity index (χ0n) is 15.8. The molecule has 1 aromatic carbocycles. The Morgan fingerprint density at radius 1 is 1.23 bits per heavy atom. The minimum Gasteiger partial charge on any atom is -0.444 e. The summed E-state index contributed by atoms with van der Waals surface area (Å²) >= 11 is 1.50. The summed E-state index contributed by atoms with van der Waals surface area (Å²) in [6.45, 7) is 0. The molecule has 0 saturated heterocycles. The molecule has 0 aliphatic heterocycles. The summed E-state index contributed by atoms with van der Waals surface area (Å²) in [5.74, 6) is -0.912. The molecule has 5 rings (SSSR count). The van der Waals surface area contributed by atoms with E-state index in [4.69, 9.17) is 4.42 Å². The van der Waals surface area contributed by atoms with Crippen LogP contribution in [0.5, 0.6) is 0 Å². The number of fused-ring (bicyclic) bond motifs is 3. The van der Waals surface area contributed by atoms with Crippen LogP contribution in [0.2, 0.25) is 0 Å². The standard InChI is InChI=1S/C22H16N4O3S/c23-9-15(19(27)13-7-5-12(6-8-13)16-10-24-11-29-16)20-25-21(28)18-14-3-1-2-4-17(14)30-22(18)26-20/h5-8,10-11,15H,1-4H2,(H,25,26,28). The highest BCUT2D eigenvalue weighted by Crippen LogP contribution is 2.34. The van der Waals surface area contributed by atoms with E-state index in [1.807, 2.05) is 6.07 Å². The summed E-state index contributed by atoms with van der Waals surface area (Å²) in [4.78, 5) is 38.6. The Morgan fingerprint density at radius 3 is 2.77 bits per heavy atom. The first-order chi connectivity index (χ1) is 14.7. The molecule has 3 heterocycles. The third kappa shape index (κ3) is 3.04. The number of carbonyl (C=O) groups excluding carboxylic acids is 1. The number of H-pyrrole nitrogens is 1. The summed E-state index contributed by atoms with van der Waals surface area (Å²) < 4.78 is 5.25. The van der Waals surface area contributed by atoms with Crippen LogP contribution in [0.15, 0.2) is 46.1 Å². The van der Waals surface area contributed by atoms with Crippen LogP contribution in [0.1, 0.15) is 45.4 Å². The SMILES string of the molecule is N#CC(C(=O)c1ccc(-c2cnco2)cc1)c1nc2sc3c(c2c(=O)[nH]1)CCCC3. The summed E-state index contributed by atoms with van der Waals surface area (Å²) in [6, 6.07) is 8.73. The number of nitriles is 1. The van der Waals surface area contributed by atoms with Crippen LogP contribution in [0.25, 0.3) is 21.5 Å². The quantitative estimate of drug-likeness (QED) is 0.503. The van der Waals surface area contributed by atoms with Gasteiger partial charge in [0.05, 0.1) is 17.7 Å². The van der Waals surface area contributed by atoms with Crippen LogP contribution in [0, 0.1) is 11.3 Å². The third-order valence-corrected chi connectivity index (χ3v) is 6.58. The van der Waals surface area contributed by atoms with Crippen molar-refractivity contribution in [3.05, 3.63) is 69.0 Å². The second-order valence-corrected chi connectivity index (χ2v) is 8.30. The van der Waals surface area contributed by atoms with Gasteiger partial charge in [-0.05, 0) is 31.2 Å². The average Bonchev–Trinajstić information content (AvgIpc) is 3.42. The number of benzene rings is 1. The Labute approximate surface area is 175 Å². The molecule has 1 aliphatic rings. The molecular formula is C22H16N4O3S. The van der Waals surface area contributed by atoms with E-state index in [1.165, 1.54) is 22.6 Å². The largest absolute Gasteiger partial charge is 0.444 e. The summed E-state index contributed by atoms with van der Waals surface area (Å²) in [5.41, 5.74) is 1.93. The van der Waals surface area contributed by atoms with Crippen molar-refractivity contribution >= 4 is 27.3 Å². The van der Waals surface area contributed by atoms with Gasteiger partial charge in [-0.1, -0.05) is 24.3 Å². The smallest absolute Gasteiger partial charge is 0.259 e. The van der Waals surface area contributed by atoms with Gasteiger partial charge in [0.1, 0.15) is 10.7 Å². The summed E-state index contributed by atoms with van der Waals surface area (Å²) in [6.07, 6.45) is 6.90. The first-order valence-corrected chi connectivity index (χ1v) is 10.4. The van der Waals surface area contributed by atoms with E-state index in [1.54, 1.807) is 30.5 Å². The fourth-order valence-corrected chi connectivity index (χ4v) is 5.15. The lowest BCUT2D eigenvalue weighted by Gasteiger charge is -2.10. The van der Waals surface area contributed by atoms with Crippen molar-refractivity contribution in [1.29, 1.82) is 5.26 Å². The Morgan fingerprint density at radius 2 is 2.03 bits per heavy atom. The van der Waals surface area contributed by atoms with Crippen LogP contribution >= 0.6 is 11.3 Å². The van der Waals surface area contributed by atoms with Gasteiger partial charge in [0.15, 0.2) is 23.9 Å². The van der Waals surface area contributed by atoms with Crippen molar-refractivity contribution in [2.75, 3.05) is 0 Å². The normalized spacial score (nSPS) is 14.2. The molecule has 30 heavy (non-hydrogen) atoms. The monoisotopic (exact) mass is 416 g/mol. The molecule has 4 aromatic rings. The first kappa shape index (κ1) is 18.5. The number of ketones is 1. The predicted octanol–water partition coefficient (Wildman–Crippen LogP) is 4.01. The Hall–Kier alpha value is -3.57. The first-order valence-electron chi connectivity index (χ1n) is 9.63. The van der Waals surface area contributed by atoms with Crippen LogP contribution < -0.4 is 5.56 Å². The van der Waals surface area contributed by atoms with Crippen LogP contribution in [0.3, 0.4) is 0 Å². The number of Topliss-reactive ketones (excluding diaryl/α,β-unsaturated/α-hetero) is 1. The average molecular weight is 416 g/mol. The minimum absolute atomic E-state index is 0.0953. The fourth-order valence-electron chi connectivity index (χ4n) is 3.88. The number of nitrogens with zero attached hydrogens (tertiary/aromatic N) is 3. The van der Waals surface area contributed by atoms with E-state index in [0.717, 1.165) is 36.8 Å². The summed E-state index contributed by atoms with van der Waals surface area (Å²) in [7, 11) is 0. The number of hydrogen-bond donors (Lipinski definition) is 1. The van der Waals surface area contributed by atoms with Gasteiger partial charge in [-0.25, -0.2) is 9.97 Å². The van der Waals surface area contributed by atoms with Crippen LogP contribution in [0.4, 0.5) is 0 Å². The Balaban J connectivity index is 1.50. The maximum atomic E-state index is 13.0. The van der Waals surface area contributed by atoms with Gasteiger partial charge in [-0.3, -0.25) is 9.59 Å². The lowest BCUT2D eigenvalue weighted by molar-refractivity contribution is 0.0976. The lowest BCUT2D eigenvalue weighted by Crippen LogP contribution is -2.20. The van der Waals surface area contributed by atoms with Crippen molar-refractivity contribution in [3.63, 3.8) is 0 Å². The van der Waals surface area contributed by atoms with E-state index in [2.05, 4.69) is 15.0 Å². The molecule has 3 aromatic heterocycles. The van der Waals surface area contributed by atoms with Crippen LogP contribution in [-0.2, 0) is 12.8 Å². The Kier molecular flexibility index (Phi) is 4.52. The molecule has 1 N–H and O–H groups in total. The summed E-state index contributed by atoms with van der Waals surface area (Å²) in [5, 5.41) is 10.3. The number of oxazole rings is 1. The minimum atomic E-state index is -1.18. The molecule has 0 radical (unpaired) electrons. The highest BCUT2D eigenvalue weighted by atomic mass is 32.1. The van der Waals surface area contributed by atoms with Gasteiger partial charge in [-0.15, -0.1) is 11.3 Å². The number of thiophene rings is 1. The molecule has 0 bridgehead atoms. The molecule has 1 unspecified atom stereocenters. The maximum Gasteiger partial charge on any atom is 0.259 e. The second kappa shape index (κ2) is 7.35. The molecule has 0 fully saturated rings. The molecule has 148 valence electrons. The van der Waals surface area contributed by atoms with Crippen molar-refractivity contribution in [2.24, 2.45) is 0 Å². The van der Waals surface area contributed by atoms with Gasteiger partial charge in [0, 0.05) is 16.0 Å². The lowest BCUT2D eigenvalue weighted by atomic mass is 9.96. The number of nitrogens with one attached hydrogen (secondary N) is 1. The third-order valence-electron chi connectivity index (χ3n) is 5.39. The molecule has 1 atom stereocenters. The van der Waals surface area contributed by atoms with Crippen molar-refractivity contribution < 1.29 is 9.21 Å². The highest BCUT2D eigenvalue weighted by Gasteiger charge is 2.27. The zero-order chi connectivity index (χ0) is 20.7. The Bertz CT molecular complexity index is 1340. The highest BCUT2D eigenvalue weighted by molar-refractivity contribution is 7.18. The second-order valence-electron chi connectivity index (χ2n) is 7.21. The fraction of sp³-hybridized carbons (Fsp3) is 0.227. The van der Waals surface area contributed by atoms with Crippen molar-refractivity contribution in [3.8, 4) is 17.4 Å². The van der Waals surface area contributed by atoms with Gasteiger partial charge < -0.3 is 9.40 Å². The molecule has 0 amide bonds. The van der Waals surface area contributed by atoms with Crippen LogP contribution in [-0.4, -0.2) is 20.7 Å². The van der Waals surface area contributed by atoms with Gasteiger partial charge in [0.2, 0.25) is 0 Å². The number of carbonyl (C=O) groups is 1. The van der Waals surface area contributed by atoms with E-state index < -0.39 is 11.7 Å². The van der Waals surface area contributed by atoms with Gasteiger partial charge in [-0.2, -0.15) is 5.26 Å². The predicted molar refractivity (Wildman–Crippen MR) is 112 cm³/mol. The molecule has 7 nitrogen and oxygen atoms in total. The maximum absolute atomic E-state index is 13.0. The van der Waals surface area contributed by atoms with Gasteiger partial charge >= 0.3 is 0 Å². The molecule has 0 saturated carbocycles. The van der Waals surface area contributed by atoms with E-state index in [-0.39, 0.29) is 11.4 Å². The van der Waals surface area contributed by atoms with E-state index in [9.17, 15) is 14.9 Å². The topological polar surface area (TPSA) is 113 Å².